The normalized spacial score (nSPS) is 12.2. The van der Waals surface area contributed by atoms with Crippen LogP contribution < -0.4 is 10.1 Å². The third-order valence-corrected chi connectivity index (χ3v) is 2.88. The van der Waals surface area contributed by atoms with Crippen LogP contribution in [0.4, 0.5) is 8.78 Å². The van der Waals surface area contributed by atoms with Crippen LogP contribution in [0.3, 0.4) is 0 Å². The van der Waals surface area contributed by atoms with Crippen LogP contribution in [-0.4, -0.2) is 11.5 Å². The van der Waals surface area contributed by atoms with Crippen molar-refractivity contribution in [2.24, 2.45) is 0 Å². The maximum atomic E-state index is 13.6. The molecule has 0 bridgehead atoms. The molecule has 3 nitrogen and oxygen atoms in total. The Morgan fingerprint density at radius 3 is 2.85 bits per heavy atom. The summed E-state index contributed by atoms with van der Waals surface area (Å²) in [5.74, 6) is -1.09. The van der Waals surface area contributed by atoms with E-state index in [0.29, 0.717) is 0 Å². The first-order valence-electron chi connectivity index (χ1n) is 6.43. The summed E-state index contributed by atoms with van der Waals surface area (Å²) in [6.45, 7) is 4.72. The second-order valence-electron chi connectivity index (χ2n) is 4.35. The summed E-state index contributed by atoms with van der Waals surface area (Å²) in [6.07, 6.45) is 1.55. The topological polar surface area (TPSA) is 34.2 Å². The molecule has 5 heteroatoms. The van der Waals surface area contributed by atoms with Crippen molar-refractivity contribution >= 4 is 0 Å². The maximum absolute atomic E-state index is 13.6. The van der Waals surface area contributed by atoms with Gasteiger partial charge in [-0.3, -0.25) is 0 Å². The Morgan fingerprint density at radius 1 is 1.30 bits per heavy atom. The lowest BCUT2D eigenvalue weighted by molar-refractivity contribution is 0.410. The zero-order valence-corrected chi connectivity index (χ0v) is 11.4. The number of halogens is 2. The quantitative estimate of drug-likeness (QED) is 0.902. The molecule has 1 atom stereocenters. The number of benzene rings is 1. The van der Waals surface area contributed by atoms with Gasteiger partial charge in [0.25, 0.3) is 0 Å². The molecule has 0 aliphatic heterocycles. The van der Waals surface area contributed by atoms with Crippen LogP contribution in [0.1, 0.15) is 25.5 Å². The summed E-state index contributed by atoms with van der Waals surface area (Å²) < 4.78 is 32.2. The van der Waals surface area contributed by atoms with Crippen molar-refractivity contribution in [1.29, 1.82) is 0 Å². The first kappa shape index (κ1) is 14.4. The molecule has 0 saturated carbocycles. The van der Waals surface area contributed by atoms with Crippen LogP contribution >= 0.6 is 0 Å². The van der Waals surface area contributed by atoms with Crippen LogP contribution in [0.2, 0.25) is 0 Å². The van der Waals surface area contributed by atoms with Gasteiger partial charge in [0.05, 0.1) is 0 Å². The fourth-order valence-corrected chi connectivity index (χ4v) is 1.89. The number of hydrogen-bond donors (Lipinski definition) is 1. The van der Waals surface area contributed by atoms with E-state index in [4.69, 9.17) is 4.74 Å². The molecular formula is C15H16F2N2O. The second-order valence-corrected chi connectivity index (χ2v) is 4.35. The molecule has 1 unspecified atom stereocenters. The summed E-state index contributed by atoms with van der Waals surface area (Å²) in [5.41, 5.74) is 0.790. The number of pyridine rings is 1. The van der Waals surface area contributed by atoms with Crippen molar-refractivity contribution in [1.82, 2.24) is 10.3 Å². The van der Waals surface area contributed by atoms with E-state index in [1.807, 2.05) is 19.9 Å². The number of hydrogen-bond acceptors (Lipinski definition) is 3. The molecule has 0 amide bonds. The predicted octanol–water partition coefficient (Wildman–Crippen LogP) is 3.82. The molecule has 0 fully saturated rings. The van der Waals surface area contributed by atoms with Crippen molar-refractivity contribution in [3.05, 3.63) is 53.7 Å². The molecule has 0 spiro atoms. The Balaban J connectivity index is 2.31. The van der Waals surface area contributed by atoms with Crippen LogP contribution in [0.5, 0.6) is 11.6 Å². The lowest BCUT2D eigenvalue weighted by Crippen LogP contribution is -2.18. The molecule has 106 valence electrons. The average Bonchev–Trinajstić information content (AvgIpc) is 2.44. The molecule has 0 aliphatic carbocycles. The average molecular weight is 278 g/mol. The number of aromatic nitrogens is 1. The fraction of sp³-hybridized carbons (Fsp3) is 0.267. The monoisotopic (exact) mass is 278 g/mol. The van der Waals surface area contributed by atoms with Gasteiger partial charge in [-0.05, 0) is 31.7 Å². The Kier molecular flexibility index (Phi) is 4.63. The smallest absolute Gasteiger partial charge is 0.224 e. The lowest BCUT2D eigenvalue weighted by atomic mass is 10.1. The SMILES string of the molecule is CCNC(C)c1cccnc1Oc1cc(F)ccc1F. The van der Waals surface area contributed by atoms with Gasteiger partial charge < -0.3 is 10.1 Å². The molecule has 1 aromatic carbocycles. The minimum Gasteiger partial charge on any atom is -0.435 e. The highest BCUT2D eigenvalue weighted by molar-refractivity contribution is 5.35. The summed E-state index contributed by atoms with van der Waals surface area (Å²) in [5, 5.41) is 3.23. The largest absolute Gasteiger partial charge is 0.435 e. The van der Waals surface area contributed by atoms with E-state index < -0.39 is 11.6 Å². The second kappa shape index (κ2) is 6.43. The summed E-state index contributed by atoms with van der Waals surface area (Å²) in [7, 11) is 0. The van der Waals surface area contributed by atoms with Gasteiger partial charge in [-0.1, -0.05) is 13.0 Å². The van der Waals surface area contributed by atoms with E-state index in [-0.39, 0.29) is 17.7 Å². The highest BCUT2D eigenvalue weighted by Crippen LogP contribution is 2.29. The van der Waals surface area contributed by atoms with Crippen molar-refractivity contribution in [2.45, 2.75) is 19.9 Å². The fourth-order valence-electron chi connectivity index (χ4n) is 1.89. The third kappa shape index (κ3) is 3.30. The van der Waals surface area contributed by atoms with Crippen LogP contribution in [0.25, 0.3) is 0 Å². The van der Waals surface area contributed by atoms with Gasteiger partial charge in [-0.25, -0.2) is 13.8 Å². The van der Waals surface area contributed by atoms with E-state index in [1.54, 1.807) is 12.3 Å². The molecule has 0 saturated heterocycles. The molecule has 1 aromatic heterocycles. The van der Waals surface area contributed by atoms with Crippen LogP contribution in [-0.2, 0) is 0 Å². The Bertz CT molecular complexity index is 590. The van der Waals surface area contributed by atoms with Gasteiger partial charge in [-0.15, -0.1) is 0 Å². The third-order valence-electron chi connectivity index (χ3n) is 2.88. The molecule has 1 heterocycles. The minimum atomic E-state index is -0.626. The molecule has 0 aliphatic rings. The van der Waals surface area contributed by atoms with E-state index >= 15 is 0 Å². The van der Waals surface area contributed by atoms with Crippen molar-refractivity contribution < 1.29 is 13.5 Å². The van der Waals surface area contributed by atoms with E-state index in [2.05, 4.69) is 10.3 Å². The highest BCUT2D eigenvalue weighted by atomic mass is 19.1. The minimum absolute atomic E-state index is 0.000297. The number of rotatable bonds is 5. The predicted molar refractivity (Wildman–Crippen MR) is 72.8 cm³/mol. The molecular weight excluding hydrogens is 262 g/mol. The van der Waals surface area contributed by atoms with E-state index in [0.717, 1.165) is 30.3 Å². The summed E-state index contributed by atoms with van der Waals surface area (Å²) in [6, 6.07) is 6.70. The van der Waals surface area contributed by atoms with Crippen molar-refractivity contribution in [2.75, 3.05) is 6.54 Å². The van der Waals surface area contributed by atoms with Crippen LogP contribution in [0, 0.1) is 11.6 Å². The van der Waals surface area contributed by atoms with Gasteiger partial charge in [0.1, 0.15) is 5.82 Å². The molecule has 0 radical (unpaired) electrons. The van der Waals surface area contributed by atoms with Crippen molar-refractivity contribution in [3.8, 4) is 11.6 Å². The van der Waals surface area contributed by atoms with Gasteiger partial charge in [0, 0.05) is 23.9 Å². The Hall–Kier alpha value is -2.01. The van der Waals surface area contributed by atoms with Crippen LogP contribution in [0.15, 0.2) is 36.5 Å². The van der Waals surface area contributed by atoms with Gasteiger partial charge in [-0.2, -0.15) is 0 Å². The number of ether oxygens (including phenoxy) is 1. The zero-order chi connectivity index (χ0) is 14.5. The first-order valence-corrected chi connectivity index (χ1v) is 6.43. The zero-order valence-electron chi connectivity index (χ0n) is 11.4. The number of nitrogens with one attached hydrogen (secondary N) is 1. The van der Waals surface area contributed by atoms with E-state index in [9.17, 15) is 8.78 Å². The summed E-state index contributed by atoms with van der Waals surface area (Å²) in [4.78, 5) is 4.10. The Morgan fingerprint density at radius 2 is 2.10 bits per heavy atom. The molecule has 20 heavy (non-hydrogen) atoms. The molecule has 1 N–H and O–H groups in total. The number of nitrogens with zero attached hydrogens (tertiary/aromatic N) is 1. The summed E-state index contributed by atoms with van der Waals surface area (Å²) >= 11 is 0. The molecule has 2 aromatic rings. The van der Waals surface area contributed by atoms with Gasteiger partial charge in [0.2, 0.25) is 5.88 Å². The van der Waals surface area contributed by atoms with Crippen molar-refractivity contribution in [3.63, 3.8) is 0 Å². The van der Waals surface area contributed by atoms with Gasteiger partial charge >= 0.3 is 0 Å². The Labute approximate surface area is 116 Å². The first-order chi connectivity index (χ1) is 9.61. The van der Waals surface area contributed by atoms with Gasteiger partial charge in [0.15, 0.2) is 11.6 Å². The maximum Gasteiger partial charge on any atom is 0.224 e. The molecule has 2 rings (SSSR count). The highest BCUT2D eigenvalue weighted by Gasteiger charge is 2.14. The lowest BCUT2D eigenvalue weighted by Gasteiger charge is -2.16. The standard InChI is InChI=1S/C15H16F2N2O/c1-3-18-10(2)12-5-4-8-19-15(12)20-14-9-11(16)6-7-13(14)17/h4-10,18H,3H2,1-2H3. The van der Waals surface area contributed by atoms with E-state index in [1.165, 1.54) is 0 Å².